The molecule has 2 atom stereocenters. The van der Waals surface area contributed by atoms with Gasteiger partial charge >= 0.3 is 0 Å². The van der Waals surface area contributed by atoms with Crippen molar-refractivity contribution >= 4 is 0 Å². The van der Waals surface area contributed by atoms with Crippen LogP contribution in [0.25, 0.3) is 0 Å². The standard InChI is InChI=1S/C28H44N2/c1-25(23-27-17-11-9-12-18-27)29-21-15-7-5-3-4-6-8-16-22-30-26(2)24-28-19-13-10-14-20-28/h9-14,17-20,25-26,29-30H,3-8,15-16,21-24H2,1-2H3/p+2/t25-,26-/m0/s1. The Kier molecular flexibility index (Phi) is 13.2. The molecule has 0 saturated carbocycles. The van der Waals surface area contributed by atoms with Crippen LogP contribution in [0.4, 0.5) is 0 Å². The van der Waals surface area contributed by atoms with Crippen molar-refractivity contribution in [2.75, 3.05) is 13.1 Å². The molecule has 0 aromatic heterocycles. The summed E-state index contributed by atoms with van der Waals surface area (Å²) in [4.78, 5) is 0. The van der Waals surface area contributed by atoms with Gasteiger partial charge in [-0.3, -0.25) is 0 Å². The number of unbranched alkanes of at least 4 members (excludes halogenated alkanes) is 7. The zero-order valence-electron chi connectivity index (χ0n) is 19.6. The highest BCUT2D eigenvalue weighted by atomic mass is 14.9. The summed E-state index contributed by atoms with van der Waals surface area (Å²) in [6.07, 6.45) is 13.6. The molecule has 30 heavy (non-hydrogen) atoms. The van der Waals surface area contributed by atoms with Gasteiger partial charge in [-0.2, -0.15) is 0 Å². The van der Waals surface area contributed by atoms with Gasteiger partial charge < -0.3 is 10.6 Å². The summed E-state index contributed by atoms with van der Waals surface area (Å²) in [5, 5.41) is 5.06. The predicted molar refractivity (Wildman–Crippen MR) is 130 cm³/mol. The molecule has 2 nitrogen and oxygen atoms in total. The van der Waals surface area contributed by atoms with Gasteiger partial charge in [0.15, 0.2) is 0 Å². The van der Waals surface area contributed by atoms with Gasteiger partial charge in [0.2, 0.25) is 0 Å². The molecule has 0 aliphatic carbocycles. The Morgan fingerprint density at radius 2 is 0.833 bits per heavy atom. The molecule has 0 aliphatic rings. The summed E-state index contributed by atoms with van der Waals surface area (Å²) >= 11 is 0. The van der Waals surface area contributed by atoms with Gasteiger partial charge in [0.05, 0.1) is 25.2 Å². The van der Waals surface area contributed by atoms with Crippen molar-refractivity contribution in [3.8, 4) is 0 Å². The Morgan fingerprint density at radius 3 is 1.20 bits per heavy atom. The molecular formula is C28H46N2+2. The van der Waals surface area contributed by atoms with Crippen molar-refractivity contribution in [1.29, 1.82) is 0 Å². The van der Waals surface area contributed by atoms with E-state index in [1.807, 2.05) is 0 Å². The minimum absolute atomic E-state index is 0.694. The first-order chi connectivity index (χ1) is 14.7. The molecule has 2 rings (SSSR count). The zero-order chi connectivity index (χ0) is 21.3. The average molecular weight is 411 g/mol. The molecule has 0 heterocycles. The fourth-order valence-electron chi connectivity index (χ4n) is 4.29. The molecule has 2 heteroatoms. The van der Waals surface area contributed by atoms with Gasteiger partial charge in [-0.1, -0.05) is 86.3 Å². The van der Waals surface area contributed by atoms with Crippen LogP contribution < -0.4 is 10.6 Å². The van der Waals surface area contributed by atoms with Crippen LogP contribution in [0.3, 0.4) is 0 Å². The lowest BCUT2D eigenvalue weighted by atomic mass is 10.1. The molecule has 4 N–H and O–H groups in total. The minimum Gasteiger partial charge on any atom is -0.344 e. The van der Waals surface area contributed by atoms with Crippen molar-refractivity contribution in [2.45, 2.75) is 90.1 Å². The lowest BCUT2D eigenvalue weighted by Gasteiger charge is -2.11. The summed E-state index contributed by atoms with van der Waals surface area (Å²) in [7, 11) is 0. The summed E-state index contributed by atoms with van der Waals surface area (Å²) < 4.78 is 0. The highest BCUT2D eigenvalue weighted by Crippen LogP contribution is 2.08. The van der Waals surface area contributed by atoms with E-state index < -0.39 is 0 Å². The van der Waals surface area contributed by atoms with Crippen LogP contribution in [-0.2, 0) is 12.8 Å². The highest BCUT2D eigenvalue weighted by molar-refractivity contribution is 5.15. The number of hydrogen-bond donors (Lipinski definition) is 2. The number of hydrogen-bond acceptors (Lipinski definition) is 0. The summed E-state index contributed by atoms with van der Waals surface area (Å²) in [5.74, 6) is 0. The molecule has 0 aliphatic heterocycles. The first kappa shape index (κ1) is 24.6. The predicted octanol–water partition coefficient (Wildman–Crippen LogP) is 4.50. The van der Waals surface area contributed by atoms with E-state index in [1.165, 1.54) is 88.4 Å². The van der Waals surface area contributed by atoms with E-state index in [-0.39, 0.29) is 0 Å². The number of benzene rings is 2. The molecule has 2 aromatic carbocycles. The maximum atomic E-state index is 2.53. The Balaban J connectivity index is 1.32. The molecule has 0 saturated heterocycles. The summed E-state index contributed by atoms with van der Waals surface area (Å²) in [6.45, 7) is 7.27. The molecule has 0 bridgehead atoms. The second kappa shape index (κ2) is 16.1. The second-order valence-corrected chi connectivity index (χ2v) is 9.21. The van der Waals surface area contributed by atoms with E-state index >= 15 is 0 Å². The summed E-state index contributed by atoms with van der Waals surface area (Å²) in [5.41, 5.74) is 2.93. The third-order valence-corrected chi connectivity index (χ3v) is 6.10. The Morgan fingerprint density at radius 1 is 0.500 bits per heavy atom. The smallest absolute Gasteiger partial charge is 0.0871 e. The lowest BCUT2D eigenvalue weighted by molar-refractivity contribution is -0.686. The van der Waals surface area contributed by atoms with Crippen molar-refractivity contribution in [2.24, 2.45) is 0 Å². The van der Waals surface area contributed by atoms with Crippen LogP contribution in [0.2, 0.25) is 0 Å². The zero-order valence-corrected chi connectivity index (χ0v) is 19.6. The largest absolute Gasteiger partial charge is 0.344 e. The van der Waals surface area contributed by atoms with Gasteiger partial charge in [-0.25, -0.2) is 0 Å². The van der Waals surface area contributed by atoms with Crippen molar-refractivity contribution < 1.29 is 10.6 Å². The van der Waals surface area contributed by atoms with E-state index in [9.17, 15) is 0 Å². The molecule has 0 radical (unpaired) electrons. The van der Waals surface area contributed by atoms with Crippen molar-refractivity contribution in [3.63, 3.8) is 0 Å². The van der Waals surface area contributed by atoms with E-state index in [0.29, 0.717) is 12.1 Å². The van der Waals surface area contributed by atoms with Crippen LogP contribution in [0.1, 0.15) is 76.3 Å². The Labute approximate surface area is 185 Å². The van der Waals surface area contributed by atoms with E-state index in [4.69, 9.17) is 0 Å². The van der Waals surface area contributed by atoms with Gasteiger partial charge in [0.1, 0.15) is 0 Å². The molecular weight excluding hydrogens is 364 g/mol. The Bertz CT molecular complexity index is 568. The second-order valence-electron chi connectivity index (χ2n) is 9.21. The van der Waals surface area contributed by atoms with E-state index in [0.717, 1.165) is 0 Å². The van der Waals surface area contributed by atoms with Crippen LogP contribution in [-0.4, -0.2) is 25.2 Å². The Hall–Kier alpha value is -1.64. The van der Waals surface area contributed by atoms with Crippen LogP contribution >= 0.6 is 0 Å². The highest BCUT2D eigenvalue weighted by Gasteiger charge is 2.06. The number of rotatable bonds is 17. The van der Waals surface area contributed by atoms with Gasteiger partial charge in [0, 0.05) is 12.8 Å². The SMILES string of the molecule is C[C@@H](Cc1ccccc1)[NH2+]CCCCCCCCCC[NH2+][C@@H](C)Cc1ccccc1. The quantitative estimate of drug-likeness (QED) is 0.360. The lowest BCUT2D eigenvalue weighted by Crippen LogP contribution is -2.89. The first-order valence-corrected chi connectivity index (χ1v) is 12.5. The first-order valence-electron chi connectivity index (χ1n) is 12.5. The number of nitrogens with two attached hydrogens (primary N) is 2. The fourth-order valence-corrected chi connectivity index (χ4v) is 4.29. The van der Waals surface area contributed by atoms with Crippen LogP contribution in [0, 0.1) is 0 Å². The van der Waals surface area contributed by atoms with Crippen molar-refractivity contribution in [1.82, 2.24) is 0 Å². The summed E-state index contributed by atoms with van der Waals surface area (Å²) in [6, 6.07) is 23.1. The average Bonchev–Trinajstić information content (AvgIpc) is 2.76. The maximum absolute atomic E-state index is 2.53. The molecule has 0 fully saturated rings. The minimum atomic E-state index is 0.694. The normalized spacial score (nSPS) is 13.3. The van der Waals surface area contributed by atoms with E-state index in [2.05, 4.69) is 85.1 Å². The van der Waals surface area contributed by atoms with Crippen LogP contribution in [0.15, 0.2) is 60.7 Å². The van der Waals surface area contributed by atoms with Gasteiger partial charge in [-0.15, -0.1) is 0 Å². The van der Waals surface area contributed by atoms with E-state index in [1.54, 1.807) is 0 Å². The van der Waals surface area contributed by atoms with Gasteiger partial charge in [-0.05, 0) is 50.7 Å². The third kappa shape index (κ3) is 12.1. The van der Waals surface area contributed by atoms with Gasteiger partial charge in [0.25, 0.3) is 0 Å². The maximum Gasteiger partial charge on any atom is 0.0871 e. The molecule has 0 unspecified atom stereocenters. The molecule has 166 valence electrons. The molecule has 0 spiro atoms. The number of quaternary nitrogens is 2. The molecule has 2 aromatic rings. The molecule has 0 amide bonds. The third-order valence-electron chi connectivity index (χ3n) is 6.10. The van der Waals surface area contributed by atoms with Crippen molar-refractivity contribution in [3.05, 3.63) is 71.8 Å². The monoisotopic (exact) mass is 410 g/mol. The fraction of sp³-hybridized carbons (Fsp3) is 0.571. The van der Waals surface area contributed by atoms with Crippen LogP contribution in [0.5, 0.6) is 0 Å². The topological polar surface area (TPSA) is 33.2 Å².